The minimum atomic E-state index is -0.541. The number of hydrogen-bond acceptors (Lipinski definition) is 4. The Morgan fingerprint density at radius 2 is 1.77 bits per heavy atom. The van der Waals surface area contributed by atoms with Gasteiger partial charge in [0.05, 0.1) is 29.6 Å². The zero-order valence-corrected chi connectivity index (χ0v) is 16.4. The van der Waals surface area contributed by atoms with Crippen LogP contribution in [0.2, 0.25) is 10.0 Å². The van der Waals surface area contributed by atoms with E-state index in [0.29, 0.717) is 46.1 Å². The van der Waals surface area contributed by atoms with Gasteiger partial charge < -0.3 is 20.1 Å². The third kappa shape index (κ3) is 5.44. The number of nitrogens with one attached hydrogen (secondary N) is 2. The second kappa shape index (κ2) is 9.55. The molecule has 0 aromatic heterocycles. The van der Waals surface area contributed by atoms with Crippen LogP contribution in [0, 0.1) is 0 Å². The van der Waals surface area contributed by atoms with E-state index in [-0.39, 0.29) is 5.91 Å². The lowest BCUT2D eigenvalue weighted by Crippen LogP contribution is -2.32. The molecule has 0 radical (unpaired) electrons. The van der Waals surface area contributed by atoms with E-state index in [1.807, 2.05) is 32.0 Å². The Balaban J connectivity index is 2.14. The number of benzene rings is 2. The molecule has 2 N–H and O–H groups in total. The van der Waals surface area contributed by atoms with Crippen molar-refractivity contribution in [2.75, 3.05) is 23.8 Å². The second-order valence-electron chi connectivity index (χ2n) is 5.50. The molecular weight excluding hydrogens is 375 g/mol. The minimum absolute atomic E-state index is 0.251. The molecule has 0 fully saturated rings. The first-order valence-electron chi connectivity index (χ1n) is 8.36. The number of carbonyl (C=O) groups excluding carboxylic acids is 1. The van der Waals surface area contributed by atoms with Crippen molar-refractivity contribution < 1.29 is 14.3 Å². The molecule has 0 spiro atoms. The molecule has 7 heteroatoms. The largest absolute Gasteiger partial charge is 0.494 e. The Labute approximate surface area is 163 Å². The highest BCUT2D eigenvalue weighted by Gasteiger charge is 2.17. The summed E-state index contributed by atoms with van der Waals surface area (Å²) in [6.45, 7) is 6.63. The molecule has 0 saturated heterocycles. The van der Waals surface area contributed by atoms with Crippen molar-refractivity contribution in [2.45, 2.75) is 26.8 Å². The van der Waals surface area contributed by atoms with Crippen molar-refractivity contribution in [1.29, 1.82) is 0 Å². The maximum absolute atomic E-state index is 12.5. The van der Waals surface area contributed by atoms with Crippen LogP contribution in [0.5, 0.6) is 11.5 Å². The van der Waals surface area contributed by atoms with Crippen LogP contribution in [0.4, 0.5) is 11.4 Å². The standard InChI is InChI=1S/C19H22Cl2N2O3/c1-4-25-14-7-9-18(26-5-2)17(11-14)22-12(3)19(24)23-16-10-13(20)6-8-15(16)21/h6-12,22H,4-5H2,1-3H3,(H,23,24). The summed E-state index contributed by atoms with van der Waals surface area (Å²) in [7, 11) is 0. The van der Waals surface area contributed by atoms with Gasteiger partial charge in [0.1, 0.15) is 17.5 Å². The molecule has 2 rings (SSSR count). The predicted octanol–water partition coefficient (Wildman–Crippen LogP) is 5.23. The van der Waals surface area contributed by atoms with Crippen LogP contribution in [0.25, 0.3) is 0 Å². The van der Waals surface area contributed by atoms with Gasteiger partial charge in [0, 0.05) is 11.1 Å². The van der Waals surface area contributed by atoms with E-state index >= 15 is 0 Å². The van der Waals surface area contributed by atoms with Crippen molar-refractivity contribution in [3.05, 3.63) is 46.4 Å². The summed E-state index contributed by atoms with van der Waals surface area (Å²) >= 11 is 12.1. The van der Waals surface area contributed by atoms with Gasteiger partial charge in [-0.05, 0) is 51.1 Å². The van der Waals surface area contributed by atoms with Gasteiger partial charge >= 0.3 is 0 Å². The fourth-order valence-corrected chi connectivity index (χ4v) is 2.63. The third-order valence-corrected chi connectivity index (χ3v) is 4.08. The first-order chi connectivity index (χ1) is 12.4. The highest BCUT2D eigenvalue weighted by molar-refractivity contribution is 6.35. The van der Waals surface area contributed by atoms with E-state index in [4.69, 9.17) is 32.7 Å². The SMILES string of the molecule is CCOc1ccc(OCC)c(NC(C)C(=O)Nc2cc(Cl)ccc2Cl)c1. The van der Waals surface area contributed by atoms with Crippen LogP contribution in [0.15, 0.2) is 36.4 Å². The minimum Gasteiger partial charge on any atom is -0.494 e. The summed E-state index contributed by atoms with van der Waals surface area (Å²) in [6, 6.07) is 9.82. The van der Waals surface area contributed by atoms with Crippen LogP contribution >= 0.6 is 23.2 Å². The first kappa shape index (κ1) is 20.2. The fourth-order valence-electron chi connectivity index (χ4n) is 2.29. The van der Waals surface area contributed by atoms with E-state index in [0.717, 1.165) is 0 Å². The summed E-state index contributed by atoms with van der Waals surface area (Å²) < 4.78 is 11.1. The Hall–Kier alpha value is -2.11. The molecule has 1 unspecified atom stereocenters. The van der Waals surface area contributed by atoms with Gasteiger partial charge in [-0.25, -0.2) is 0 Å². The van der Waals surface area contributed by atoms with Crippen LogP contribution in [0.3, 0.4) is 0 Å². The van der Waals surface area contributed by atoms with Gasteiger partial charge in [-0.1, -0.05) is 23.2 Å². The van der Waals surface area contributed by atoms with Crippen molar-refractivity contribution in [3.8, 4) is 11.5 Å². The van der Waals surface area contributed by atoms with Crippen LogP contribution < -0.4 is 20.1 Å². The Morgan fingerprint density at radius 3 is 2.46 bits per heavy atom. The fraction of sp³-hybridized carbons (Fsp3) is 0.316. The van der Waals surface area contributed by atoms with Crippen molar-refractivity contribution in [1.82, 2.24) is 0 Å². The van der Waals surface area contributed by atoms with Crippen LogP contribution in [-0.4, -0.2) is 25.2 Å². The number of halogens is 2. The molecule has 0 aliphatic carbocycles. The zero-order valence-electron chi connectivity index (χ0n) is 14.9. The van der Waals surface area contributed by atoms with E-state index in [1.165, 1.54) is 0 Å². The number of ether oxygens (including phenoxy) is 2. The second-order valence-corrected chi connectivity index (χ2v) is 6.35. The lowest BCUT2D eigenvalue weighted by molar-refractivity contribution is -0.116. The maximum Gasteiger partial charge on any atom is 0.246 e. The Bertz CT molecular complexity index is 768. The maximum atomic E-state index is 12.5. The van der Waals surface area contributed by atoms with Gasteiger partial charge in [0.25, 0.3) is 0 Å². The highest BCUT2D eigenvalue weighted by atomic mass is 35.5. The molecule has 1 atom stereocenters. The van der Waals surface area contributed by atoms with Gasteiger partial charge in [-0.15, -0.1) is 0 Å². The number of hydrogen-bond donors (Lipinski definition) is 2. The number of carbonyl (C=O) groups is 1. The van der Waals surface area contributed by atoms with Crippen LogP contribution in [-0.2, 0) is 4.79 Å². The summed E-state index contributed by atoms with van der Waals surface area (Å²) in [5.74, 6) is 1.10. The van der Waals surface area contributed by atoms with Gasteiger partial charge in [0.2, 0.25) is 5.91 Å². The quantitative estimate of drug-likeness (QED) is 0.641. The van der Waals surface area contributed by atoms with Crippen molar-refractivity contribution >= 4 is 40.5 Å². The van der Waals surface area contributed by atoms with E-state index in [1.54, 1.807) is 25.1 Å². The van der Waals surface area contributed by atoms with Gasteiger partial charge in [-0.3, -0.25) is 4.79 Å². The molecule has 140 valence electrons. The first-order valence-corrected chi connectivity index (χ1v) is 9.12. The normalized spacial score (nSPS) is 11.6. The molecule has 2 aromatic rings. The molecule has 0 saturated carbocycles. The van der Waals surface area contributed by atoms with Gasteiger partial charge in [-0.2, -0.15) is 0 Å². The predicted molar refractivity (Wildman–Crippen MR) is 107 cm³/mol. The topological polar surface area (TPSA) is 59.6 Å². The van der Waals surface area contributed by atoms with E-state index in [2.05, 4.69) is 10.6 Å². The van der Waals surface area contributed by atoms with E-state index < -0.39 is 6.04 Å². The molecular formula is C19H22Cl2N2O3. The molecule has 26 heavy (non-hydrogen) atoms. The zero-order chi connectivity index (χ0) is 19.1. The molecule has 0 aliphatic heterocycles. The lowest BCUT2D eigenvalue weighted by atomic mass is 10.2. The van der Waals surface area contributed by atoms with Crippen molar-refractivity contribution in [2.24, 2.45) is 0 Å². The Kier molecular flexibility index (Phi) is 7.42. The molecule has 0 bridgehead atoms. The molecule has 1 amide bonds. The average molecular weight is 397 g/mol. The number of amides is 1. The van der Waals surface area contributed by atoms with Gasteiger partial charge in [0.15, 0.2) is 0 Å². The summed E-state index contributed by atoms with van der Waals surface area (Å²) in [5.41, 5.74) is 1.14. The van der Waals surface area contributed by atoms with Crippen LogP contribution in [0.1, 0.15) is 20.8 Å². The summed E-state index contributed by atoms with van der Waals surface area (Å²) in [6.07, 6.45) is 0. The Morgan fingerprint density at radius 1 is 1.04 bits per heavy atom. The molecule has 0 heterocycles. The molecule has 5 nitrogen and oxygen atoms in total. The third-order valence-electron chi connectivity index (χ3n) is 3.51. The lowest BCUT2D eigenvalue weighted by Gasteiger charge is -2.19. The summed E-state index contributed by atoms with van der Waals surface area (Å²) in [4.78, 5) is 12.5. The molecule has 0 aliphatic rings. The molecule has 2 aromatic carbocycles. The smallest absolute Gasteiger partial charge is 0.246 e. The van der Waals surface area contributed by atoms with Crippen molar-refractivity contribution in [3.63, 3.8) is 0 Å². The van der Waals surface area contributed by atoms with E-state index in [9.17, 15) is 4.79 Å². The number of anilines is 2. The number of rotatable bonds is 8. The average Bonchev–Trinajstić information content (AvgIpc) is 2.60. The highest BCUT2D eigenvalue weighted by Crippen LogP contribution is 2.30. The summed E-state index contributed by atoms with van der Waals surface area (Å²) in [5, 5.41) is 6.84. The monoisotopic (exact) mass is 396 g/mol.